The quantitative estimate of drug-likeness (QED) is 0.821. The summed E-state index contributed by atoms with van der Waals surface area (Å²) in [4.78, 5) is 16.0. The van der Waals surface area contributed by atoms with Gasteiger partial charge in [-0.1, -0.05) is 0 Å². The average Bonchev–Trinajstić information content (AvgIpc) is 2.89. The van der Waals surface area contributed by atoms with Crippen molar-refractivity contribution in [1.82, 2.24) is 24.9 Å². The molecule has 6 nitrogen and oxygen atoms in total. The van der Waals surface area contributed by atoms with Crippen molar-refractivity contribution in [1.29, 1.82) is 0 Å². The molecule has 6 heteroatoms. The molecule has 1 aromatic rings. The number of rotatable bonds is 7. The standard InChI is InChI=1S/C14H27N5O/c1-6-18(10-13-9-16-19(7-2)11-13)14(20)15-8-12(3)17(4)5/h9,11-12H,6-8,10H2,1-5H3,(H,15,20)/t12-/m1/s1. The predicted octanol–water partition coefficient (Wildman–Crippen LogP) is 1.38. The van der Waals surface area contributed by atoms with Crippen molar-refractivity contribution in [3.8, 4) is 0 Å². The Morgan fingerprint density at radius 1 is 1.45 bits per heavy atom. The second-order valence-corrected chi connectivity index (χ2v) is 5.22. The van der Waals surface area contributed by atoms with Gasteiger partial charge in [-0.05, 0) is 34.9 Å². The van der Waals surface area contributed by atoms with Gasteiger partial charge in [-0.3, -0.25) is 4.68 Å². The molecular weight excluding hydrogens is 254 g/mol. The monoisotopic (exact) mass is 281 g/mol. The third kappa shape index (κ3) is 4.85. The number of carbonyl (C=O) groups excluding carboxylic acids is 1. The number of urea groups is 1. The lowest BCUT2D eigenvalue weighted by atomic mass is 10.3. The van der Waals surface area contributed by atoms with Crippen LogP contribution in [0.25, 0.3) is 0 Å². The first-order chi connectivity index (χ1) is 9.47. The summed E-state index contributed by atoms with van der Waals surface area (Å²) in [6.07, 6.45) is 3.81. The number of aryl methyl sites for hydroxylation is 1. The normalized spacial score (nSPS) is 12.5. The molecule has 114 valence electrons. The molecule has 20 heavy (non-hydrogen) atoms. The number of likely N-dealkylation sites (N-methyl/N-ethyl adjacent to an activating group) is 1. The smallest absolute Gasteiger partial charge is 0.317 e. The van der Waals surface area contributed by atoms with E-state index >= 15 is 0 Å². The van der Waals surface area contributed by atoms with E-state index in [0.717, 1.165) is 12.1 Å². The van der Waals surface area contributed by atoms with Gasteiger partial charge in [-0.25, -0.2) is 4.79 Å². The number of aromatic nitrogens is 2. The fourth-order valence-corrected chi connectivity index (χ4v) is 1.74. The van der Waals surface area contributed by atoms with Crippen LogP contribution in [0.15, 0.2) is 12.4 Å². The summed E-state index contributed by atoms with van der Waals surface area (Å²) < 4.78 is 1.87. The lowest BCUT2D eigenvalue weighted by molar-refractivity contribution is 0.193. The van der Waals surface area contributed by atoms with Gasteiger partial charge in [0.05, 0.1) is 12.7 Å². The minimum Gasteiger partial charge on any atom is -0.336 e. The van der Waals surface area contributed by atoms with Gasteiger partial charge < -0.3 is 15.1 Å². The van der Waals surface area contributed by atoms with Crippen molar-refractivity contribution in [2.24, 2.45) is 0 Å². The molecule has 0 fully saturated rings. The van der Waals surface area contributed by atoms with Crippen LogP contribution in [-0.2, 0) is 13.1 Å². The summed E-state index contributed by atoms with van der Waals surface area (Å²) >= 11 is 0. The van der Waals surface area contributed by atoms with Crippen molar-refractivity contribution in [3.05, 3.63) is 18.0 Å². The first kappa shape index (κ1) is 16.5. The molecule has 0 spiro atoms. The minimum absolute atomic E-state index is 0.0227. The van der Waals surface area contributed by atoms with Crippen LogP contribution in [0.4, 0.5) is 4.79 Å². The topological polar surface area (TPSA) is 53.4 Å². The number of nitrogens with one attached hydrogen (secondary N) is 1. The number of nitrogens with zero attached hydrogens (tertiary/aromatic N) is 4. The first-order valence-electron chi connectivity index (χ1n) is 7.18. The second kappa shape index (κ2) is 7.89. The van der Waals surface area contributed by atoms with Crippen molar-refractivity contribution in [3.63, 3.8) is 0 Å². The fourth-order valence-electron chi connectivity index (χ4n) is 1.74. The van der Waals surface area contributed by atoms with E-state index in [4.69, 9.17) is 0 Å². The zero-order chi connectivity index (χ0) is 15.1. The molecule has 0 aliphatic heterocycles. The highest BCUT2D eigenvalue weighted by atomic mass is 16.2. The molecule has 0 saturated carbocycles. The van der Waals surface area contributed by atoms with Gasteiger partial charge in [-0.15, -0.1) is 0 Å². The van der Waals surface area contributed by atoms with Crippen LogP contribution in [0.2, 0.25) is 0 Å². The molecule has 1 atom stereocenters. The molecule has 0 unspecified atom stereocenters. The third-order valence-corrected chi connectivity index (χ3v) is 3.48. The Labute approximate surface area is 121 Å². The zero-order valence-corrected chi connectivity index (χ0v) is 13.3. The van der Waals surface area contributed by atoms with Crippen LogP contribution in [0.1, 0.15) is 26.3 Å². The highest BCUT2D eigenvalue weighted by Crippen LogP contribution is 2.04. The van der Waals surface area contributed by atoms with Crippen molar-refractivity contribution in [2.75, 3.05) is 27.2 Å². The van der Waals surface area contributed by atoms with Gasteiger partial charge >= 0.3 is 6.03 Å². The van der Waals surface area contributed by atoms with Crippen LogP contribution in [0.3, 0.4) is 0 Å². The molecular formula is C14H27N5O. The Balaban J connectivity index is 2.50. The van der Waals surface area contributed by atoms with E-state index in [1.54, 1.807) is 4.90 Å². The highest BCUT2D eigenvalue weighted by Gasteiger charge is 2.14. The molecule has 0 bridgehead atoms. The number of carbonyl (C=O) groups is 1. The number of hydrogen-bond donors (Lipinski definition) is 1. The van der Waals surface area contributed by atoms with Gasteiger partial charge in [0.25, 0.3) is 0 Å². The molecule has 0 radical (unpaired) electrons. The van der Waals surface area contributed by atoms with Crippen molar-refractivity contribution < 1.29 is 4.79 Å². The average molecular weight is 281 g/mol. The maximum absolute atomic E-state index is 12.2. The predicted molar refractivity (Wildman–Crippen MR) is 80.5 cm³/mol. The Morgan fingerprint density at radius 3 is 2.65 bits per heavy atom. The Morgan fingerprint density at radius 2 is 2.15 bits per heavy atom. The summed E-state index contributed by atoms with van der Waals surface area (Å²) in [6.45, 7) is 8.89. The molecule has 0 aromatic carbocycles. The summed E-state index contributed by atoms with van der Waals surface area (Å²) in [5.41, 5.74) is 1.06. The lowest BCUT2D eigenvalue weighted by Crippen LogP contribution is -2.44. The van der Waals surface area contributed by atoms with E-state index in [0.29, 0.717) is 25.7 Å². The third-order valence-electron chi connectivity index (χ3n) is 3.48. The molecule has 1 heterocycles. The molecule has 1 rings (SSSR count). The van der Waals surface area contributed by atoms with Crippen LogP contribution >= 0.6 is 0 Å². The van der Waals surface area contributed by atoms with Gasteiger partial charge in [-0.2, -0.15) is 5.10 Å². The second-order valence-electron chi connectivity index (χ2n) is 5.22. The van der Waals surface area contributed by atoms with Crippen LogP contribution < -0.4 is 5.32 Å². The van der Waals surface area contributed by atoms with E-state index in [1.165, 1.54) is 0 Å². The van der Waals surface area contributed by atoms with Crippen LogP contribution in [0, 0.1) is 0 Å². The van der Waals surface area contributed by atoms with Crippen LogP contribution in [0.5, 0.6) is 0 Å². The molecule has 1 N–H and O–H groups in total. The summed E-state index contributed by atoms with van der Waals surface area (Å²) in [7, 11) is 4.01. The SMILES string of the molecule is CCN(Cc1cnn(CC)c1)C(=O)NC[C@@H](C)N(C)C. The Bertz CT molecular complexity index is 415. The molecule has 0 aliphatic carbocycles. The van der Waals surface area contributed by atoms with E-state index in [-0.39, 0.29) is 6.03 Å². The Kier molecular flexibility index (Phi) is 6.51. The van der Waals surface area contributed by atoms with Crippen molar-refractivity contribution in [2.45, 2.75) is 39.9 Å². The molecule has 0 saturated heterocycles. The largest absolute Gasteiger partial charge is 0.336 e. The molecule has 0 aliphatic rings. The highest BCUT2D eigenvalue weighted by molar-refractivity contribution is 5.74. The van der Waals surface area contributed by atoms with E-state index in [2.05, 4.69) is 22.2 Å². The van der Waals surface area contributed by atoms with Gasteiger partial charge in [0.2, 0.25) is 0 Å². The zero-order valence-electron chi connectivity index (χ0n) is 13.3. The first-order valence-corrected chi connectivity index (χ1v) is 7.18. The molecule has 1 aromatic heterocycles. The van der Waals surface area contributed by atoms with Gasteiger partial charge in [0, 0.05) is 37.4 Å². The fraction of sp³-hybridized carbons (Fsp3) is 0.714. The van der Waals surface area contributed by atoms with Gasteiger partial charge in [0.15, 0.2) is 0 Å². The van der Waals surface area contributed by atoms with Crippen molar-refractivity contribution >= 4 is 6.03 Å². The van der Waals surface area contributed by atoms with Crippen LogP contribution in [-0.4, -0.2) is 58.8 Å². The van der Waals surface area contributed by atoms with E-state index in [9.17, 15) is 4.79 Å². The molecule has 2 amide bonds. The lowest BCUT2D eigenvalue weighted by Gasteiger charge is -2.24. The maximum Gasteiger partial charge on any atom is 0.317 e. The summed E-state index contributed by atoms with van der Waals surface area (Å²) in [6, 6.07) is 0.297. The summed E-state index contributed by atoms with van der Waals surface area (Å²) in [5, 5.41) is 7.20. The maximum atomic E-state index is 12.2. The minimum atomic E-state index is -0.0227. The number of amides is 2. The summed E-state index contributed by atoms with van der Waals surface area (Å²) in [5.74, 6) is 0. The van der Waals surface area contributed by atoms with E-state index in [1.807, 2.05) is 45.0 Å². The Hall–Kier alpha value is -1.56. The van der Waals surface area contributed by atoms with E-state index < -0.39 is 0 Å². The number of hydrogen-bond acceptors (Lipinski definition) is 3. The van der Waals surface area contributed by atoms with Gasteiger partial charge in [0.1, 0.15) is 0 Å².